The summed E-state index contributed by atoms with van der Waals surface area (Å²) >= 11 is 6.04. The number of anilines is 1. The molecule has 0 atom stereocenters. The van der Waals surface area contributed by atoms with Crippen LogP contribution in [-0.2, 0) is 0 Å². The molecule has 1 aliphatic rings. The lowest BCUT2D eigenvalue weighted by molar-refractivity contribution is 0.353. The molecule has 0 bridgehead atoms. The topological polar surface area (TPSA) is 59.6 Å². The number of benzene rings is 2. The fourth-order valence-corrected chi connectivity index (χ4v) is 2.98. The lowest BCUT2D eigenvalue weighted by Crippen LogP contribution is -2.31. The molecule has 3 N–H and O–H groups in total. The van der Waals surface area contributed by atoms with E-state index in [0.29, 0.717) is 11.9 Å². The highest BCUT2D eigenvalue weighted by Gasteiger charge is 2.30. The lowest BCUT2D eigenvalue weighted by Gasteiger charge is -2.33. The Morgan fingerprint density at radius 2 is 1.92 bits per heavy atom. The molecule has 0 saturated heterocycles. The molecule has 2 aromatic carbocycles. The number of ether oxygens (including phenoxy) is 1. The van der Waals surface area contributed by atoms with Crippen LogP contribution < -0.4 is 15.8 Å². The first-order chi connectivity index (χ1) is 11.1. The molecular formula is C18H21ClIN3O. The molecule has 3 rings (SSSR count). The summed E-state index contributed by atoms with van der Waals surface area (Å²) in [5.41, 5.74) is 8.17. The maximum atomic E-state index is 6.04. The van der Waals surface area contributed by atoms with Crippen molar-refractivity contribution in [2.45, 2.75) is 24.8 Å². The van der Waals surface area contributed by atoms with Crippen LogP contribution in [0.4, 0.5) is 5.69 Å². The Morgan fingerprint density at radius 3 is 2.54 bits per heavy atom. The summed E-state index contributed by atoms with van der Waals surface area (Å²) in [5.74, 6) is 1.79. The third-order valence-corrected chi connectivity index (χ3v) is 4.35. The summed E-state index contributed by atoms with van der Waals surface area (Å²) in [6.07, 6.45) is 2.01. The van der Waals surface area contributed by atoms with Crippen molar-refractivity contribution in [2.75, 3.05) is 12.4 Å². The number of methoxy groups -OCH3 is 1. The van der Waals surface area contributed by atoms with Gasteiger partial charge >= 0.3 is 0 Å². The van der Waals surface area contributed by atoms with Crippen LogP contribution in [0.25, 0.3) is 0 Å². The summed E-state index contributed by atoms with van der Waals surface area (Å²) in [4.78, 5) is 4.54. The minimum atomic E-state index is 0. The summed E-state index contributed by atoms with van der Waals surface area (Å²) in [6, 6.07) is 15.9. The molecule has 24 heavy (non-hydrogen) atoms. The molecular weight excluding hydrogens is 437 g/mol. The van der Waals surface area contributed by atoms with Crippen LogP contribution in [0.1, 0.15) is 24.3 Å². The van der Waals surface area contributed by atoms with Crippen LogP contribution in [0.5, 0.6) is 5.75 Å². The second-order valence-electron chi connectivity index (χ2n) is 5.74. The van der Waals surface area contributed by atoms with Crippen molar-refractivity contribution in [3.05, 3.63) is 59.1 Å². The molecule has 2 aromatic rings. The molecule has 0 aromatic heterocycles. The van der Waals surface area contributed by atoms with Gasteiger partial charge in [-0.3, -0.25) is 0 Å². The van der Waals surface area contributed by atoms with Crippen LogP contribution in [0, 0.1) is 0 Å². The molecule has 6 heteroatoms. The molecule has 0 spiro atoms. The van der Waals surface area contributed by atoms with Crippen LogP contribution in [0.2, 0.25) is 5.02 Å². The third-order valence-electron chi connectivity index (χ3n) is 4.12. The van der Waals surface area contributed by atoms with Gasteiger partial charge in [0.05, 0.1) is 13.2 Å². The van der Waals surface area contributed by atoms with E-state index in [1.807, 2.05) is 42.5 Å². The van der Waals surface area contributed by atoms with E-state index in [2.05, 4.69) is 16.4 Å². The zero-order valence-electron chi connectivity index (χ0n) is 13.4. The molecule has 128 valence electrons. The van der Waals surface area contributed by atoms with Gasteiger partial charge < -0.3 is 15.8 Å². The van der Waals surface area contributed by atoms with Crippen molar-refractivity contribution in [3.8, 4) is 5.75 Å². The first-order valence-electron chi connectivity index (χ1n) is 7.64. The summed E-state index contributed by atoms with van der Waals surface area (Å²) in [6.45, 7) is 0. The lowest BCUT2D eigenvalue weighted by atomic mass is 9.76. The second-order valence-corrected chi connectivity index (χ2v) is 6.18. The average molecular weight is 458 g/mol. The minimum Gasteiger partial charge on any atom is -0.497 e. The van der Waals surface area contributed by atoms with Gasteiger partial charge in [0.25, 0.3) is 0 Å². The number of rotatable bonds is 4. The Kier molecular flexibility index (Phi) is 6.74. The SMILES string of the molecule is COc1ccc(NC(N)=NC2CC(c3cccc(Cl)c3)C2)cc1.I. The van der Waals surface area contributed by atoms with Crippen molar-refractivity contribution >= 4 is 47.2 Å². The van der Waals surface area contributed by atoms with Gasteiger partial charge in [0, 0.05) is 10.7 Å². The van der Waals surface area contributed by atoms with Gasteiger partial charge in [0.15, 0.2) is 5.96 Å². The Hall–Kier alpha value is -1.47. The van der Waals surface area contributed by atoms with Crippen molar-refractivity contribution < 1.29 is 4.74 Å². The van der Waals surface area contributed by atoms with Crippen molar-refractivity contribution in [1.82, 2.24) is 0 Å². The molecule has 0 unspecified atom stereocenters. The smallest absolute Gasteiger partial charge is 0.193 e. The van der Waals surface area contributed by atoms with E-state index in [1.54, 1.807) is 7.11 Å². The molecule has 1 aliphatic carbocycles. The number of nitrogens with zero attached hydrogens (tertiary/aromatic N) is 1. The Bertz CT molecular complexity index is 700. The fraction of sp³-hybridized carbons (Fsp3) is 0.278. The summed E-state index contributed by atoms with van der Waals surface area (Å²) < 4.78 is 5.13. The third kappa shape index (κ3) is 4.77. The van der Waals surface area contributed by atoms with E-state index in [9.17, 15) is 0 Å². The maximum Gasteiger partial charge on any atom is 0.193 e. The number of hydrogen-bond donors (Lipinski definition) is 2. The predicted molar refractivity (Wildman–Crippen MR) is 111 cm³/mol. The van der Waals surface area contributed by atoms with Crippen LogP contribution in [0.3, 0.4) is 0 Å². The molecule has 1 saturated carbocycles. The fourth-order valence-electron chi connectivity index (χ4n) is 2.78. The number of aliphatic imine (C=N–C) groups is 1. The van der Waals surface area contributed by atoms with E-state index < -0.39 is 0 Å². The van der Waals surface area contributed by atoms with Gasteiger partial charge in [-0.25, -0.2) is 4.99 Å². The van der Waals surface area contributed by atoms with E-state index in [-0.39, 0.29) is 30.0 Å². The first-order valence-corrected chi connectivity index (χ1v) is 8.01. The Balaban J connectivity index is 0.00000208. The Labute approximate surface area is 164 Å². The number of halogens is 2. The number of hydrogen-bond acceptors (Lipinski definition) is 2. The quantitative estimate of drug-likeness (QED) is 0.399. The molecule has 1 fully saturated rings. The first kappa shape index (κ1) is 18.9. The zero-order valence-corrected chi connectivity index (χ0v) is 16.5. The van der Waals surface area contributed by atoms with Gasteiger partial charge in [-0.2, -0.15) is 0 Å². The highest BCUT2D eigenvalue weighted by molar-refractivity contribution is 14.0. The predicted octanol–water partition coefficient (Wildman–Crippen LogP) is 4.64. The molecule has 4 nitrogen and oxygen atoms in total. The molecule has 0 amide bonds. The van der Waals surface area contributed by atoms with Crippen LogP contribution >= 0.6 is 35.6 Å². The summed E-state index contributed by atoms with van der Waals surface area (Å²) in [7, 11) is 1.64. The normalized spacial score (nSPS) is 19.8. The number of guanidine groups is 1. The average Bonchev–Trinajstić information content (AvgIpc) is 2.51. The van der Waals surface area contributed by atoms with Crippen LogP contribution in [-0.4, -0.2) is 19.1 Å². The number of nitrogens with two attached hydrogens (primary N) is 1. The standard InChI is InChI=1S/C18H20ClN3O.HI/c1-23-17-7-5-15(6-8-17)21-18(20)22-16-10-13(11-16)12-3-2-4-14(19)9-12;/h2-9,13,16H,10-11H2,1H3,(H3,20,21,22);1H. The van der Waals surface area contributed by atoms with Crippen molar-refractivity contribution in [1.29, 1.82) is 0 Å². The van der Waals surface area contributed by atoms with Gasteiger partial charge in [-0.1, -0.05) is 23.7 Å². The maximum absolute atomic E-state index is 6.04. The summed E-state index contributed by atoms with van der Waals surface area (Å²) in [5, 5.41) is 3.89. The minimum absolute atomic E-state index is 0. The van der Waals surface area contributed by atoms with E-state index in [4.69, 9.17) is 22.1 Å². The molecule has 0 heterocycles. The zero-order chi connectivity index (χ0) is 16.2. The highest BCUT2D eigenvalue weighted by atomic mass is 127. The van der Waals surface area contributed by atoms with Gasteiger partial charge in [-0.15, -0.1) is 24.0 Å². The van der Waals surface area contributed by atoms with Gasteiger partial charge in [0.1, 0.15) is 5.75 Å². The van der Waals surface area contributed by atoms with E-state index in [0.717, 1.165) is 29.3 Å². The van der Waals surface area contributed by atoms with E-state index in [1.165, 1.54) is 5.56 Å². The van der Waals surface area contributed by atoms with Gasteiger partial charge in [0.2, 0.25) is 0 Å². The van der Waals surface area contributed by atoms with E-state index >= 15 is 0 Å². The second kappa shape index (κ2) is 8.58. The highest BCUT2D eigenvalue weighted by Crippen LogP contribution is 2.39. The molecule has 0 aliphatic heterocycles. The Morgan fingerprint density at radius 1 is 1.21 bits per heavy atom. The van der Waals surface area contributed by atoms with Gasteiger partial charge in [-0.05, 0) is 60.7 Å². The van der Waals surface area contributed by atoms with Crippen LogP contribution in [0.15, 0.2) is 53.5 Å². The van der Waals surface area contributed by atoms with Crippen molar-refractivity contribution in [2.24, 2.45) is 10.7 Å². The monoisotopic (exact) mass is 457 g/mol. The number of nitrogens with one attached hydrogen (secondary N) is 1. The van der Waals surface area contributed by atoms with Crippen molar-refractivity contribution in [3.63, 3.8) is 0 Å². The molecule has 0 radical (unpaired) electrons. The largest absolute Gasteiger partial charge is 0.497 e.